The van der Waals surface area contributed by atoms with Crippen LogP contribution in [0.1, 0.15) is 13.3 Å². The van der Waals surface area contributed by atoms with Crippen LogP contribution >= 0.6 is 11.9 Å². The first-order valence-electron chi connectivity index (χ1n) is 4.57. The first-order valence-corrected chi connectivity index (χ1v) is 5.34. The minimum atomic E-state index is -0.307. The highest BCUT2D eigenvalue weighted by Crippen LogP contribution is 2.12. The molecule has 0 aromatic rings. The van der Waals surface area contributed by atoms with E-state index in [0.29, 0.717) is 19.6 Å². The van der Waals surface area contributed by atoms with E-state index in [9.17, 15) is 9.59 Å². The number of carbonyl (C=O) groups is 2. The van der Waals surface area contributed by atoms with Crippen molar-refractivity contribution in [1.29, 1.82) is 0 Å². The topological polar surface area (TPSA) is 58.6 Å². The molecule has 0 radical (unpaired) electrons. The average molecular weight is 218 g/mol. The lowest BCUT2D eigenvalue weighted by Crippen LogP contribution is -2.35. The van der Waals surface area contributed by atoms with Crippen LogP contribution in [0.4, 0.5) is 4.79 Å². The van der Waals surface area contributed by atoms with Gasteiger partial charge in [0.1, 0.15) is 0 Å². The Balaban J connectivity index is 2.21. The van der Waals surface area contributed by atoms with E-state index in [1.54, 1.807) is 6.92 Å². The number of imide groups is 1. The van der Waals surface area contributed by atoms with Gasteiger partial charge in [0.2, 0.25) is 5.91 Å². The minimum Gasteiger partial charge on any atom is -0.379 e. The Morgan fingerprint density at radius 1 is 1.43 bits per heavy atom. The summed E-state index contributed by atoms with van der Waals surface area (Å²) in [4.78, 5) is 22.1. The molecule has 0 bridgehead atoms. The molecule has 0 saturated carbocycles. The van der Waals surface area contributed by atoms with Gasteiger partial charge >= 0.3 is 5.24 Å². The molecule has 0 unspecified atom stereocenters. The second kappa shape index (κ2) is 6.00. The highest BCUT2D eigenvalue weighted by atomic mass is 32.2. The third-order valence-electron chi connectivity index (χ3n) is 1.74. The zero-order valence-corrected chi connectivity index (χ0v) is 8.93. The quantitative estimate of drug-likeness (QED) is 0.688. The molecule has 1 aliphatic rings. The molecule has 0 aliphatic carbocycles. The van der Waals surface area contributed by atoms with Crippen molar-refractivity contribution in [3.63, 3.8) is 0 Å². The maximum Gasteiger partial charge on any atom is 0.300 e. The molecule has 80 valence electrons. The number of nitrogens with one attached hydrogen (secondary N) is 1. The van der Waals surface area contributed by atoms with Crippen LogP contribution in [0.15, 0.2) is 0 Å². The Kier molecular flexibility index (Phi) is 4.92. The van der Waals surface area contributed by atoms with E-state index < -0.39 is 0 Å². The molecule has 0 atom stereocenters. The lowest BCUT2D eigenvalue weighted by Gasteiger charge is -2.24. The Morgan fingerprint density at radius 3 is 2.64 bits per heavy atom. The molecule has 1 heterocycles. The van der Waals surface area contributed by atoms with Crippen molar-refractivity contribution >= 4 is 23.1 Å². The average Bonchev–Trinajstić information content (AvgIpc) is 2.19. The number of hydrogen-bond donors (Lipinski definition) is 1. The van der Waals surface area contributed by atoms with E-state index in [4.69, 9.17) is 4.74 Å². The Labute approximate surface area is 87.3 Å². The summed E-state index contributed by atoms with van der Waals surface area (Å²) in [6, 6.07) is 0. The van der Waals surface area contributed by atoms with Crippen LogP contribution in [0, 0.1) is 0 Å². The highest BCUT2D eigenvalue weighted by molar-refractivity contribution is 8.11. The minimum absolute atomic E-state index is 0.240. The van der Waals surface area contributed by atoms with Gasteiger partial charge in [0, 0.05) is 31.5 Å². The molecule has 2 amide bonds. The summed E-state index contributed by atoms with van der Waals surface area (Å²) in [5, 5.41) is 1.97. The van der Waals surface area contributed by atoms with Gasteiger partial charge in [-0.3, -0.25) is 14.9 Å². The second-order valence-corrected chi connectivity index (χ2v) is 3.89. The van der Waals surface area contributed by atoms with Crippen molar-refractivity contribution in [2.45, 2.75) is 13.3 Å². The van der Waals surface area contributed by atoms with Crippen LogP contribution in [-0.2, 0) is 9.53 Å². The van der Waals surface area contributed by atoms with Gasteiger partial charge in [-0.05, 0) is 0 Å². The van der Waals surface area contributed by atoms with Gasteiger partial charge in [-0.1, -0.05) is 6.92 Å². The predicted molar refractivity (Wildman–Crippen MR) is 53.8 cm³/mol. The van der Waals surface area contributed by atoms with Crippen LogP contribution in [0.3, 0.4) is 0 Å². The van der Waals surface area contributed by atoms with Crippen molar-refractivity contribution in [2.75, 3.05) is 26.3 Å². The molecular weight excluding hydrogens is 204 g/mol. The normalized spacial score (nSPS) is 17.8. The second-order valence-electron chi connectivity index (χ2n) is 2.82. The van der Waals surface area contributed by atoms with Gasteiger partial charge in [-0.2, -0.15) is 0 Å². The SMILES string of the molecule is CCC(=O)NC(=O)SN1CCOCC1. The van der Waals surface area contributed by atoms with Crippen LogP contribution < -0.4 is 5.32 Å². The van der Waals surface area contributed by atoms with Crippen molar-refractivity contribution in [1.82, 2.24) is 9.62 Å². The largest absolute Gasteiger partial charge is 0.379 e. The summed E-state index contributed by atoms with van der Waals surface area (Å²) in [7, 11) is 0. The lowest BCUT2D eigenvalue weighted by atomic mass is 10.5. The Morgan fingerprint density at radius 2 is 2.07 bits per heavy atom. The zero-order valence-electron chi connectivity index (χ0n) is 8.12. The maximum absolute atomic E-state index is 11.2. The molecule has 1 saturated heterocycles. The zero-order chi connectivity index (χ0) is 10.4. The molecule has 0 aromatic heterocycles. The van der Waals surface area contributed by atoms with Gasteiger partial charge in [-0.25, -0.2) is 4.31 Å². The third kappa shape index (κ3) is 4.08. The van der Waals surface area contributed by atoms with Crippen molar-refractivity contribution in [2.24, 2.45) is 0 Å². The molecule has 5 nitrogen and oxygen atoms in total. The summed E-state index contributed by atoms with van der Waals surface area (Å²) in [6.45, 7) is 4.43. The van der Waals surface area contributed by atoms with Crippen molar-refractivity contribution < 1.29 is 14.3 Å². The molecular formula is C8H14N2O3S. The number of morpholine rings is 1. The number of carbonyl (C=O) groups excluding carboxylic acids is 2. The Hall–Kier alpha value is -0.590. The molecule has 0 aromatic carbocycles. The highest BCUT2D eigenvalue weighted by Gasteiger charge is 2.16. The van der Waals surface area contributed by atoms with Crippen molar-refractivity contribution in [3.05, 3.63) is 0 Å². The number of hydrogen-bond acceptors (Lipinski definition) is 5. The van der Waals surface area contributed by atoms with Gasteiger partial charge in [0.15, 0.2) is 0 Å². The fourth-order valence-electron chi connectivity index (χ4n) is 0.980. The summed E-state index contributed by atoms with van der Waals surface area (Å²) < 4.78 is 7.02. The fraction of sp³-hybridized carbons (Fsp3) is 0.750. The molecule has 1 fully saturated rings. The van der Waals surface area contributed by atoms with Crippen LogP contribution in [0.2, 0.25) is 0 Å². The maximum atomic E-state index is 11.2. The van der Waals surface area contributed by atoms with Crippen LogP contribution in [0.25, 0.3) is 0 Å². The smallest absolute Gasteiger partial charge is 0.300 e. The van der Waals surface area contributed by atoms with E-state index in [1.807, 2.05) is 4.31 Å². The van der Waals surface area contributed by atoms with E-state index in [1.165, 1.54) is 0 Å². The van der Waals surface area contributed by atoms with Crippen LogP contribution in [-0.4, -0.2) is 41.8 Å². The fourth-order valence-corrected chi connectivity index (χ4v) is 1.71. The monoisotopic (exact) mass is 218 g/mol. The first kappa shape index (κ1) is 11.5. The first-order chi connectivity index (χ1) is 6.72. The molecule has 1 aliphatic heterocycles. The number of nitrogens with zero attached hydrogens (tertiary/aromatic N) is 1. The molecule has 6 heteroatoms. The Bertz CT molecular complexity index is 217. The van der Waals surface area contributed by atoms with E-state index >= 15 is 0 Å². The van der Waals surface area contributed by atoms with Crippen molar-refractivity contribution in [3.8, 4) is 0 Å². The summed E-state index contributed by atoms with van der Waals surface area (Å²) in [5.74, 6) is -0.240. The predicted octanol–water partition coefficient (Wildman–Crippen LogP) is 0.613. The van der Waals surface area contributed by atoms with E-state index in [2.05, 4.69) is 5.32 Å². The number of ether oxygens (including phenoxy) is 1. The van der Waals surface area contributed by atoms with Gasteiger partial charge in [-0.15, -0.1) is 0 Å². The molecule has 1 rings (SSSR count). The molecule has 1 N–H and O–H groups in total. The van der Waals surface area contributed by atoms with E-state index in [-0.39, 0.29) is 11.1 Å². The number of amides is 2. The van der Waals surface area contributed by atoms with Crippen LogP contribution in [0.5, 0.6) is 0 Å². The van der Waals surface area contributed by atoms with Gasteiger partial charge < -0.3 is 4.74 Å². The van der Waals surface area contributed by atoms with Gasteiger partial charge in [0.05, 0.1) is 13.2 Å². The lowest BCUT2D eigenvalue weighted by molar-refractivity contribution is -0.119. The third-order valence-corrected chi connectivity index (χ3v) is 2.64. The standard InChI is InChI=1S/C8H14N2O3S/c1-2-7(11)9-8(12)14-10-3-5-13-6-4-10/h2-6H2,1H3,(H,9,11,12). The molecule has 0 spiro atoms. The van der Waals surface area contributed by atoms with E-state index in [0.717, 1.165) is 25.0 Å². The summed E-state index contributed by atoms with van der Waals surface area (Å²) in [6.07, 6.45) is 0.329. The summed E-state index contributed by atoms with van der Waals surface area (Å²) >= 11 is 1.05. The summed E-state index contributed by atoms with van der Waals surface area (Å²) in [5.41, 5.74) is 0. The number of rotatable bonds is 2. The van der Waals surface area contributed by atoms with Gasteiger partial charge in [0.25, 0.3) is 0 Å². The molecule has 14 heavy (non-hydrogen) atoms.